The second kappa shape index (κ2) is 12.9. The van der Waals surface area contributed by atoms with E-state index in [1.54, 1.807) is 47.4 Å². The molecule has 220 valence electrons. The zero-order valence-corrected chi connectivity index (χ0v) is 25.4. The monoisotopic (exact) mass is 623 g/mol. The third-order valence-corrected chi connectivity index (χ3v) is 8.95. The van der Waals surface area contributed by atoms with E-state index in [1.165, 1.54) is 33.5 Å². The number of rotatable bonds is 10. The predicted octanol–water partition coefficient (Wildman–Crippen LogP) is 5.49. The van der Waals surface area contributed by atoms with Gasteiger partial charge in [0.15, 0.2) is 11.5 Å². The summed E-state index contributed by atoms with van der Waals surface area (Å²) < 4.78 is 53.6. The number of methoxy groups -OCH3 is 3. The number of ether oxygens (including phenoxy) is 4. The number of hydrogen-bond acceptors (Lipinski definition) is 8. The molecule has 3 aromatic carbocycles. The maximum Gasteiger partial charge on any atom is 0.296 e. The molecule has 0 aromatic heterocycles. The van der Waals surface area contributed by atoms with E-state index in [0.29, 0.717) is 45.0 Å². The summed E-state index contributed by atoms with van der Waals surface area (Å²) in [7, 11) is 0.408. The predicted molar refractivity (Wildman–Crippen MR) is 155 cm³/mol. The van der Waals surface area contributed by atoms with Crippen molar-refractivity contribution in [1.29, 1.82) is 0 Å². The van der Waals surface area contributed by atoms with Gasteiger partial charge in [0.05, 0.1) is 56.0 Å². The molecule has 1 aliphatic rings. The van der Waals surface area contributed by atoms with Gasteiger partial charge in [0, 0.05) is 18.5 Å². The summed E-state index contributed by atoms with van der Waals surface area (Å²) in [5.41, 5.74) is 0.745. The molecule has 1 unspecified atom stereocenters. The molecule has 0 radical (unpaired) electrons. The highest BCUT2D eigenvalue weighted by Crippen LogP contribution is 2.40. The molecule has 3 aromatic rings. The Bertz CT molecular complexity index is 1490. The lowest BCUT2D eigenvalue weighted by atomic mass is 9.88. The van der Waals surface area contributed by atoms with E-state index in [4.69, 9.17) is 46.3 Å². The summed E-state index contributed by atoms with van der Waals surface area (Å²) in [6.07, 6.45) is 0.106. The molecule has 12 heteroatoms. The lowest BCUT2D eigenvalue weighted by Gasteiger charge is -2.43. The number of benzene rings is 3. The molecule has 1 saturated heterocycles. The minimum atomic E-state index is -4.02. The van der Waals surface area contributed by atoms with E-state index in [2.05, 4.69) is 0 Å². The third-order valence-electron chi connectivity index (χ3n) is 6.88. The second-order valence-corrected chi connectivity index (χ2v) is 11.9. The Morgan fingerprint density at radius 1 is 0.951 bits per heavy atom. The first-order valence-corrected chi connectivity index (χ1v) is 14.8. The summed E-state index contributed by atoms with van der Waals surface area (Å²) in [6, 6.07) is 14.6. The molecule has 0 spiro atoms. The number of carbonyl (C=O) groups excluding carboxylic acids is 1. The van der Waals surface area contributed by atoms with Gasteiger partial charge in [-0.25, -0.2) is 0 Å². The molecular formula is C29H31Cl2NO8S. The fraction of sp³-hybridized carbons (Fsp3) is 0.345. The van der Waals surface area contributed by atoms with Crippen molar-refractivity contribution >= 4 is 39.2 Å². The molecule has 1 fully saturated rings. The van der Waals surface area contributed by atoms with Crippen LogP contribution < -0.4 is 14.2 Å². The molecule has 1 amide bonds. The normalized spacial score (nSPS) is 17.3. The molecule has 4 rings (SSSR count). The summed E-state index contributed by atoms with van der Waals surface area (Å²) >= 11 is 12.5. The topological polar surface area (TPSA) is 101 Å². The maximum absolute atomic E-state index is 13.8. The Morgan fingerprint density at radius 2 is 1.61 bits per heavy atom. The zero-order valence-electron chi connectivity index (χ0n) is 23.1. The Balaban J connectivity index is 1.64. The average Bonchev–Trinajstić information content (AvgIpc) is 2.97. The van der Waals surface area contributed by atoms with E-state index < -0.39 is 15.7 Å². The standard InChI is InChI=1S/C29H31Cl2NO8S/c1-19-5-8-22(9-6-19)41(34,35)40-13-11-29(21-7-10-23(30)24(31)17-21)18-32(12-14-39-29)28(33)20-15-25(36-2)27(38-4)26(16-20)37-3/h5-10,15-17H,11-14,18H2,1-4H3. The van der Waals surface area contributed by atoms with Crippen LogP contribution in [-0.4, -0.2) is 66.9 Å². The van der Waals surface area contributed by atoms with Crippen molar-refractivity contribution in [3.63, 3.8) is 0 Å². The van der Waals surface area contributed by atoms with Gasteiger partial charge >= 0.3 is 0 Å². The Kier molecular flexibility index (Phi) is 9.71. The average molecular weight is 625 g/mol. The third kappa shape index (κ3) is 6.73. The van der Waals surface area contributed by atoms with Crippen LogP contribution in [0.2, 0.25) is 10.0 Å². The largest absolute Gasteiger partial charge is 0.493 e. The molecule has 1 atom stereocenters. The number of carbonyl (C=O) groups is 1. The number of amides is 1. The van der Waals surface area contributed by atoms with Gasteiger partial charge < -0.3 is 23.8 Å². The first-order chi connectivity index (χ1) is 19.5. The lowest BCUT2D eigenvalue weighted by Crippen LogP contribution is -2.52. The van der Waals surface area contributed by atoms with Crippen LogP contribution in [-0.2, 0) is 24.6 Å². The molecule has 9 nitrogen and oxygen atoms in total. The zero-order chi connectivity index (χ0) is 29.8. The van der Waals surface area contributed by atoms with Crippen molar-refractivity contribution in [3.05, 3.63) is 81.3 Å². The van der Waals surface area contributed by atoms with Gasteiger partial charge in [-0.05, 0) is 48.9 Å². The Labute approximate surface area is 249 Å². The first kappa shape index (κ1) is 30.9. The smallest absolute Gasteiger partial charge is 0.296 e. The van der Waals surface area contributed by atoms with E-state index in [0.717, 1.165) is 5.56 Å². The molecule has 0 aliphatic carbocycles. The van der Waals surface area contributed by atoms with Crippen molar-refractivity contribution in [2.45, 2.75) is 23.8 Å². The van der Waals surface area contributed by atoms with Crippen LogP contribution in [0.5, 0.6) is 17.2 Å². The summed E-state index contributed by atoms with van der Waals surface area (Å²) in [4.78, 5) is 15.4. The molecule has 0 N–H and O–H groups in total. The quantitative estimate of drug-likeness (QED) is 0.273. The Morgan fingerprint density at radius 3 is 2.20 bits per heavy atom. The van der Waals surface area contributed by atoms with E-state index in [-0.39, 0.29) is 37.0 Å². The Hall–Kier alpha value is -3.02. The van der Waals surface area contributed by atoms with Gasteiger partial charge in [0.1, 0.15) is 5.60 Å². The fourth-order valence-electron chi connectivity index (χ4n) is 4.68. The highest BCUT2D eigenvalue weighted by molar-refractivity contribution is 7.86. The summed E-state index contributed by atoms with van der Waals surface area (Å²) in [5.74, 6) is 0.749. The molecule has 1 heterocycles. The van der Waals surface area contributed by atoms with Crippen molar-refractivity contribution in [3.8, 4) is 17.2 Å². The fourth-order valence-corrected chi connectivity index (χ4v) is 5.89. The molecule has 0 saturated carbocycles. The van der Waals surface area contributed by atoms with Gasteiger partial charge in [-0.2, -0.15) is 8.42 Å². The molecule has 41 heavy (non-hydrogen) atoms. The first-order valence-electron chi connectivity index (χ1n) is 12.7. The van der Waals surface area contributed by atoms with Crippen LogP contribution in [0.25, 0.3) is 0 Å². The SMILES string of the molecule is COc1cc(C(=O)N2CCOC(CCOS(=O)(=O)c3ccc(C)cc3)(c3ccc(Cl)c(Cl)c3)C2)cc(OC)c1OC. The van der Waals surface area contributed by atoms with Gasteiger partial charge in [-0.3, -0.25) is 8.98 Å². The van der Waals surface area contributed by atoms with E-state index in [1.807, 2.05) is 6.92 Å². The number of halogens is 2. The van der Waals surface area contributed by atoms with Gasteiger partial charge in [0.2, 0.25) is 5.75 Å². The second-order valence-electron chi connectivity index (χ2n) is 9.45. The number of hydrogen-bond donors (Lipinski definition) is 0. The van der Waals surface area contributed by atoms with Crippen LogP contribution in [0.15, 0.2) is 59.5 Å². The summed E-state index contributed by atoms with van der Waals surface area (Å²) in [6.45, 7) is 2.23. The van der Waals surface area contributed by atoms with Gasteiger partial charge in [-0.15, -0.1) is 0 Å². The number of aryl methyl sites for hydroxylation is 1. The van der Waals surface area contributed by atoms with Crippen LogP contribution in [0.1, 0.15) is 27.9 Å². The van der Waals surface area contributed by atoms with Crippen LogP contribution in [0.3, 0.4) is 0 Å². The highest BCUT2D eigenvalue weighted by Gasteiger charge is 2.41. The minimum absolute atomic E-state index is 0.0513. The van der Waals surface area contributed by atoms with Crippen molar-refractivity contribution < 1.29 is 36.3 Å². The molecular weight excluding hydrogens is 593 g/mol. The maximum atomic E-state index is 13.8. The number of morpholine rings is 1. The van der Waals surface area contributed by atoms with Gasteiger partial charge in [-0.1, -0.05) is 47.0 Å². The van der Waals surface area contributed by atoms with Crippen LogP contribution in [0, 0.1) is 6.92 Å². The van der Waals surface area contributed by atoms with E-state index >= 15 is 0 Å². The van der Waals surface area contributed by atoms with E-state index in [9.17, 15) is 13.2 Å². The summed E-state index contributed by atoms with van der Waals surface area (Å²) in [5, 5.41) is 0.651. The van der Waals surface area contributed by atoms with Gasteiger partial charge in [0.25, 0.3) is 16.0 Å². The minimum Gasteiger partial charge on any atom is -0.493 e. The van der Waals surface area contributed by atoms with Crippen molar-refractivity contribution in [2.24, 2.45) is 0 Å². The molecule has 0 bridgehead atoms. The van der Waals surface area contributed by atoms with Crippen molar-refractivity contribution in [1.82, 2.24) is 4.90 Å². The van der Waals surface area contributed by atoms with Crippen LogP contribution >= 0.6 is 23.2 Å². The highest BCUT2D eigenvalue weighted by atomic mass is 35.5. The lowest BCUT2D eigenvalue weighted by molar-refractivity contribution is -0.114. The van der Waals surface area contributed by atoms with Crippen molar-refractivity contribution in [2.75, 3.05) is 47.6 Å². The number of nitrogens with zero attached hydrogens (tertiary/aromatic N) is 1. The molecule has 1 aliphatic heterocycles. The van der Waals surface area contributed by atoms with Crippen LogP contribution in [0.4, 0.5) is 0 Å².